The standard InChI is InChI=1S/C22H22N4O4/c1-4-29-20-12-16(13-23-26-21(27)18-11-15(3)24-25-18)7-10-19(20)30-22(28)17-8-5-14(2)6-9-17/h5-13H,4H2,1-3H3,(H,24,25)(H,26,27). The van der Waals surface area contributed by atoms with Crippen molar-refractivity contribution in [2.24, 2.45) is 5.10 Å². The summed E-state index contributed by atoms with van der Waals surface area (Å²) in [5, 5.41) is 10.5. The van der Waals surface area contributed by atoms with E-state index in [1.54, 1.807) is 43.3 Å². The van der Waals surface area contributed by atoms with Crippen molar-refractivity contribution in [3.8, 4) is 11.5 Å². The summed E-state index contributed by atoms with van der Waals surface area (Å²) in [6, 6.07) is 13.7. The number of benzene rings is 2. The highest BCUT2D eigenvalue weighted by Gasteiger charge is 2.13. The molecule has 0 aliphatic heterocycles. The molecular formula is C22H22N4O4. The van der Waals surface area contributed by atoms with Gasteiger partial charge in [-0.2, -0.15) is 10.2 Å². The molecule has 2 N–H and O–H groups in total. The largest absolute Gasteiger partial charge is 0.490 e. The maximum atomic E-state index is 12.4. The molecule has 0 atom stereocenters. The minimum absolute atomic E-state index is 0.248. The molecular weight excluding hydrogens is 384 g/mol. The zero-order valence-electron chi connectivity index (χ0n) is 16.9. The van der Waals surface area contributed by atoms with Gasteiger partial charge in [0.25, 0.3) is 5.91 Å². The number of aromatic amines is 1. The number of hydrazone groups is 1. The number of nitrogens with zero attached hydrogens (tertiary/aromatic N) is 2. The number of carbonyl (C=O) groups excluding carboxylic acids is 2. The molecule has 0 spiro atoms. The Kier molecular flexibility index (Phi) is 6.59. The van der Waals surface area contributed by atoms with Crippen molar-refractivity contribution in [2.75, 3.05) is 6.61 Å². The maximum Gasteiger partial charge on any atom is 0.343 e. The second-order valence-electron chi connectivity index (χ2n) is 6.53. The third-order valence-electron chi connectivity index (χ3n) is 4.08. The van der Waals surface area contributed by atoms with Crippen molar-refractivity contribution in [3.63, 3.8) is 0 Å². The summed E-state index contributed by atoms with van der Waals surface area (Å²) in [4.78, 5) is 24.3. The molecule has 0 unspecified atom stereocenters. The fourth-order valence-corrected chi connectivity index (χ4v) is 2.56. The first-order chi connectivity index (χ1) is 14.5. The molecule has 0 bridgehead atoms. The SMILES string of the molecule is CCOc1cc(C=NNC(=O)c2cc(C)[nH]n2)ccc1OC(=O)c1ccc(C)cc1. The number of rotatable bonds is 7. The Balaban J connectivity index is 1.70. The molecule has 154 valence electrons. The van der Waals surface area contributed by atoms with Gasteiger partial charge in [-0.05, 0) is 62.7 Å². The predicted octanol–water partition coefficient (Wildman–Crippen LogP) is 3.41. The third kappa shape index (κ3) is 5.32. The van der Waals surface area contributed by atoms with Gasteiger partial charge >= 0.3 is 5.97 Å². The van der Waals surface area contributed by atoms with E-state index in [-0.39, 0.29) is 5.69 Å². The van der Waals surface area contributed by atoms with Crippen LogP contribution >= 0.6 is 0 Å². The molecule has 8 heteroatoms. The molecule has 1 heterocycles. The number of esters is 1. The van der Waals surface area contributed by atoms with E-state index >= 15 is 0 Å². The molecule has 0 aliphatic rings. The zero-order chi connectivity index (χ0) is 21.5. The van der Waals surface area contributed by atoms with E-state index in [1.165, 1.54) is 6.21 Å². The van der Waals surface area contributed by atoms with Gasteiger partial charge < -0.3 is 9.47 Å². The van der Waals surface area contributed by atoms with E-state index in [4.69, 9.17) is 9.47 Å². The highest BCUT2D eigenvalue weighted by molar-refractivity contribution is 5.93. The molecule has 30 heavy (non-hydrogen) atoms. The van der Waals surface area contributed by atoms with Crippen LogP contribution in [0.3, 0.4) is 0 Å². The Morgan fingerprint density at radius 2 is 1.87 bits per heavy atom. The fraction of sp³-hybridized carbons (Fsp3) is 0.182. The first-order valence-corrected chi connectivity index (χ1v) is 9.37. The van der Waals surface area contributed by atoms with Gasteiger partial charge in [0.15, 0.2) is 17.2 Å². The van der Waals surface area contributed by atoms with Crippen molar-refractivity contribution in [1.82, 2.24) is 15.6 Å². The molecule has 2 aromatic carbocycles. The monoisotopic (exact) mass is 406 g/mol. The average Bonchev–Trinajstić information content (AvgIpc) is 3.17. The number of nitrogens with one attached hydrogen (secondary N) is 2. The number of ether oxygens (including phenoxy) is 2. The molecule has 3 rings (SSSR count). The van der Waals surface area contributed by atoms with E-state index < -0.39 is 11.9 Å². The van der Waals surface area contributed by atoms with Crippen molar-refractivity contribution >= 4 is 18.1 Å². The Hall–Kier alpha value is -3.94. The van der Waals surface area contributed by atoms with Crippen LogP contribution in [0, 0.1) is 13.8 Å². The number of hydrogen-bond donors (Lipinski definition) is 2. The fourth-order valence-electron chi connectivity index (χ4n) is 2.56. The van der Waals surface area contributed by atoms with Crippen LogP contribution in [0.4, 0.5) is 0 Å². The van der Waals surface area contributed by atoms with Crippen LogP contribution < -0.4 is 14.9 Å². The van der Waals surface area contributed by atoms with Gasteiger partial charge in [-0.15, -0.1) is 0 Å². The summed E-state index contributed by atoms with van der Waals surface area (Å²) >= 11 is 0. The second-order valence-corrected chi connectivity index (χ2v) is 6.53. The first kappa shape index (κ1) is 20.8. The normalized spacial score (nSPS) is 10.8. The number of aryl methyl sites for hydroxylation is 2. The van der Waals surface area contributed by atoms with Gasteiger partial charge in [-0.25, -0.2) is 10.2 Å². The van der Waals surface area contributed by atoms with Gasteiger partial charge in [0, 0.05) is 5.69 Å². The highest BCUT2D eigenvalue weighted by Crippen LogP contribution is 2.29. The summed E-state index contributed by atoms with van der Waals surface area (Å²) in [7, 11) is 0. The molecule has 1 amide bonds. The minimum Gasteiger partial charge on any atom is -0.490 e. The molecule has 0 radical (unpaired) electrons. The lowest BCUT2D eigenvalue weighted by molar-refractivity contribution is 0.0728. The van der Waals surface area contributed by atoms with Crippen molar-refractivity contribution < 1.29 is 19.1 Å². The molecule has 0 aliphatic carbocycles. The Labute approximate surface area is 173 Å². The Morgan fingerprint density at radius 3 is 2.53 bits per heavy atom. The number of amides is 1. The van der Waals surface area contributed by atoms with Crippen molar-refractivity contribution in [3.05, 3.63) is 76.6 Å². The maximum absolute atomic E-state index is 12.4. The lowest BCUT2D eigenvalue weighted by Gasteiger charge is -2.11. The van der Waals surface area contributed by atoms with Gasteiger partial charge in [-0.3, -0.25) is 9.89 Å². The molecule has 8 nitrogen and oxygen atoms in total. The molecule has 0 saturated carbocycles. The average molecular weight is 406 g/mol. The van der Waals surface area contributed by atoms with Crippen LogP contribution in [-0.2, 0) is 0 Å². The minimum atomic E-state index is -0.473. The van der Waals surface area contributed by atoms with E-state index in [0.717, 1.165) is 11.3 Å². The summed E-state index contributed by atoms with van der Waals surface area (Å²) in [6.07, 6.45) is 1.46. The van der Waals surface area contributed by atoms with Crippen LogP contribution in [0.15, 0.2) is 53.6 Å². The Morgan fingerprint density at radius 1 is 1.10 bits per heavy atom. The van der Waals surface area contributed by atoms with E-state index in [1.807, 2.05) is 26.0 Å². The molecule has 0 fully saturated rings. The predicted molar refractivity (Wildman–Crippen MR) is 112 cm³/mol. The van der Waals surface area contributed by atoms with Crippen LogP contribution in [0.2, 0.25) is 0 Å². The zero-order valence-corrected chi connectivity index (χ0v) is 16.9. The van der Waals surface area contributed by atoms with Crippen LogP contribution in [0.1, 0.15) is 44.6 Å². The number of H-pyrrole nitrogens is 1. The first-order valence-electron chi connectivity index (χ1n) is 9.37. The number of carbonyl (C=O) groups is 2. The highest BCUT2D eigenvalue weighted by atomic mass is 16.6. The van der Waals surface area contributed by atoms with Crippen molar-refractivity contribution in [2.45, 2.75) is 20.8 Å². The summed E-state index contributed by atoms with van der Waals surface area (Å²) in [5.41, 5.74) is 5.60. The number of aromatic nitrogens is 2. The number of hydrogen-bond acceptors (Lipinski definition) is 6. The van der Waals surface area contributed by atoms with Gasteiger partial charge in [0.1, 0.15) is 0 Å². The van der Waals surface area contributed by atoms with E-state index in [2.05, 4.69) is 20.7 Å². The second kappa shape index (κ2) is 9.51. The van der Waals surface area contributed by atoms with Crippen LogP contribution in [-0.4, -0.2) is 34.9 Å². The smallest absolute Gasteiger partial charge is 0.343 e. The molecule has 0 saturated heterocycles. The summed E-state index contributed by atoms with van der Waals surface area (Å²) in [5.74, 6) is -0.199. The lowest BCUT2D eigenvalue weighted by Crippen LogP contribution is -2.18. The molecule has 1 aromatic heterocycles. The molecule has 3 aromatic rings. The Bertz CT molecular complexity index is 1070. The summed E-state index contributed by atoms with van der Waals surface area (Å²) in [6.45, 7) is 5.97. The van der Waals surface area contributed by atoms with Crippen molar-refractivity contribution in [1.29, 1.82) is 0 Å². The lowest BCUT2D eigenvalue weighted by atomic mass is 10.1. The van der Waals surface area contributed by atoms with Crippen LogP contribution in [0.25, 0.3) is 0 Å². The van der Waals surface area contributed by atoms with Crippen LogP contribution in [0.5, 0.6) is 11.5 Å². The summed E-state index contributed by atoms with van der Waals surface area (Å²) < 4.78 is 11.1. The quantitative estimate of drug-likeness (QED) is 0.271. The topological polar surface area (TPSA) is 106 Å². The van der Waals surface area contributed by atoms with Gasteiger partial charge in [0.2, 0.25) is 0 Å². The van der Waals surface area contributed by atoms with E-state index in [9.17, 15) is 9.59 Å². The van der Waals surface area contributed by atoms with E-state index in [0.29, 0.717) is 29.2 Å². The van der Waals surface area contributed by atoms with Gasteiger partial charge in [-0.1, -0.05) is 17.7 Å². The van der Waals surface area contributed by atoms with Gasteiger partial charge in [0.05, 0.1) is 18.4 Å². The third-order valence-corrected chi connectivity index (χ3v) is 4.08.